The summed E-state index contributed by atoms with van der Waals surface area (Å²) in [6, 6.07) is 7.32. The maximum absolute atomic E-state index is 12.3. The highest BCUT2D eigenvalue weighted by atomic mass is 32.1. The molecule has 0 aliphatic rings. The molecule has 0 aliphatic carbocycles. The lowest BCUT2D eigenvalue weighted by molar-refractivity contribution is 0.0935. The van der Waals surface area contributed by atoms with Crippen molar-refractivity contribution in [2.75, 3.05) is 20.6 Å². The number of carbonyl (C=O) groups excluding carboxylic acids is 1. The first-order valence-corrected chi connectivity index (χ1v) is 8.00. The molecule has 0 fully saturated rings. The number of thiazole rings is 1. The molecule has 3 aromatic heterocycles. The average molecular weight is 331 g/mol. The summed E-state index contributed by atoms with van der Waals surface area (Å²) in [4.78, 5) is 18.6. The van der Waals surface area contributed by atoms with Crippen molar-refractivity contribution >= 4 is 17.2 Å². The summed E-state index contributed by atoms with van der Waals surface area (Å²) in [6.45, 7) is 0.437. The Kier molecular flexibility index (Phi) is 4.59. The number of hydrogen-bond acceptors (Lipinski definition) is 6. The van der Waals surface area contributed by atoms with Gasteiger partial charge in [0, 0.05) is 11.9 Å². The van der Waals surface area contributed by atoms with Gasteiger partial charge in [0.25, 0.3) is 5.91 Å². The Labute approximate surface area is 137 Å². The molecule has 1 amide bonds. The van der Waals surface area contributed by atoms with Gasteiger partial charge in [-0.15, -0.1) is 11.3 Å². The Hall–Kier alpha value is -2.38. The molecule has 1 atom stereocenters. The van der Waals surface area contributed by atoms with Gasteiger partial charge >= 0.3 is 0 Å². The van der Waals surface area contributed by atoms with Crippen molar-refractivity contribution in [3.8, 4) is 10.8 Å². The number of nitrogens with zero attached hydrogens (tertiary/aromatic N) is 2. The molecular formula is C16H17N3O3S. The van der Waals surface area contributed by atoms with Gasteiger partial charge in [-0.3, -0.25) is 9.69 Å². The van der Waals surface area contributed by atoms with E-state index in [4.69, 9.17) is 8.83 Å². The summed E-state index contributed by atoms with van der Waals surface area (Å²) < 4.78 is 10.7. The highest BCUT2D eigenvalue weighted by Crippen LogP contribution is 2.24. The minimum atomic E-state index is -0.211. The Morgan fingerprint density at radius 1 is 1.30 bits per heavy atom. The van der Waals surface area contributed by atoms with Gasteiger partial charge in [0.2, 0.25) is 0 Å². The standard InChI is InChI=1S/C16H17N3O3S/c1-19(2)12(13-5-3-7-21-13)9-17-15(20)11-10-23-16(18-11)14-6-4-8-22-14/h3-8,10,12H,9H2,1-2H3,(H,17,20). The van der Waals surface area contributed by atoms with Crippen molar-refractivity contribution < 1.29 is 13.6 Å². The molecule has 3 rings (SSSR count). The van der Waals surface area contributed by atoms with Crippen LogP contribution in [0.15, 0.2) is 51.0 Å². The second-order valence-corrected chi connectivity index (χ2v) is 6.08. The van der Waals surface area contributed by atoms with Gasteiger partial charge < -0.3 is 14.2 Å². The van der Waals surface area contributed by atoms with Crippen LogP contribution in [0.1, 0.15) is 22.3 Å². The Morgan fingerprint density at radius 2 is 2.09 bits per heavy atom. The first kappa shape index (κ1) is 15.5. The number of aromatic nitrogens is 1. The summed E-state index contributed by atoms with van der Waals surface area (Å²) in [7, 11) is 3.88. The molecule has 7 heteroatoms. The van der Waals surface area contributed by atoms with E-state index in [1.165, 1.54) is 11.3 Å². The van der Waals surface area contributed by atoms with Crippen LogP contribution < -0.4 is 5.32 Å². The summed E-state index contributed by atoms with van der Waals surface area (Å²) in [5, 5.41) is 5.32. The third-order valence-corrected chi connectivity index (χ3v) is 4.28. The molecule has 0 aliphatic heterocycles. The fraction of sp³-hybridized carbons (Fsp3) is 0.250. The summed E-state index contributed by atoms with van der Waals surface area (Å²) in [5.41, 5.74) is 0.387. The van der Waals surface area contributed by atoms with E-state index >= 15 is 0 Å². The molecule has 3 aromatic rings. The van der Waals surface area contributed by atoms with E-state index in [0.29, 0.717) is 23.0 Å². The van der Waals surface area contributed by atoms with Gasteiger partial charge in [0.15, 0.2) is 10.8 Å². The summed E-state index contributed by atoms with van der Waals surface area (Å²) in [6.07, 6.45) is 3.21. The molecule has 3 heterocycles. The normalized spacial score (nSPS) is 12.5. The van der Waals surface area contributed by atoms with Gasteiger partial charge in [-0.1, -0.05) is 0 Å². The first-order valence-electron chi connectivity index (χ1n) is 7.12. The van der Waals surface area contributed by atoms with Crippen molar-refractivity contribution in [1.29, 1.82) is 0 Å². The van der Waals surface area contributed by atoms with E-state index in [1.807, 2.05) is 37.2 Å². The van der Waals surface area contributed by atoms with Gasteiger partial charge in [-0.2, -0.15) is 0 Å². The molecule has 1 N–H and O–H groups in total. The Bertz CT molecular complexity index is 747. The molecule has 23 heavy (non-hydrogen) atoms. The van der Waals surface area contributed by atoms with Gasteiger partial charge in [0.05, 0.1) is 18.6 Å². The Morgan fingerprint density at radius 3 is 2.74 bits per heavy atom. The quantitative estimate of drug-likeness (QED) is 0.752. The van der Waals surface area contributed by atoms with E-state index < -0.39 is 0 Å². The zero-order valence-corrected chi connectivity index (χ0v) is 13.7. The van der Waals surface area contributed by atoms with E-state index in [9.17, 15) is 4.79 Å². The van der Waals surface area contributed by atoms with Crippen molar-refractivity contribution in [2.45, 2.75) is 6.04 Å². The monoisotopic (exact) mass is 331 g/mol. The average Bonchev–Trinajstić information content (AvgIpc) is 3.27. The molecule has 0 saturated heterocycles. The lowest BCUT2D eigenvalue weighted by atomic mass is 10.2. The van der Waals surface area contributed by atoms with E-state index in [0.717, 1.165) is 5.76 Å². The number of hydrogen-bond donors (Lipinski definition) is 1. The number of nitrogens with one attached hydrogen (secondary N) is 1. The van der Waals surface area contributed by atoms with Crippen LogP contribution in [0, 0.1) is 0 Å². The number of rotatable bonds is 6. The third-order valence-electron chi connectivity index (χ3n) is 3.42. The minimum absolute atomic E-state index is 0.0304. The summed E-state index contributed by atoms with van der Waals surface area (Å²) >= 11 is 1.38. The van der Waals surface area contributed by atoms with Crippen LogP contribution in [0.4, 0.5) is 0 Å². The van der Waals surface area contributed by atoms with Gasteiger partial charge in [-0.25, -0.2) is 4.98 Å². The topological polar surface area (TPSA) is 71.5 Å². The van der Waals surface area contributed by atoms with E-state index in [1.54, 1.807) is 24.0 Å². The lowest BCUT2D eigenvalue weighted by Crippen LogP contribution is -2.34. The largest absolute Gasteiger partial charge is 0.468 e. The first-order chi connectivity index (χ1) is 11.1. The third kappa shape index (κ3) is 3.52. The molecule has 6 nitrogen and oxygen atoms in total. The van der Waals surface area contributed by atoms with Crippen molar-refractivity contribution in [1.82, 2.24) is 15.2 Å². The second-order valence-electron chi connectivity index (χ2n) is 5.22. The number of likely N-dealkylation sites (N-methyl/N-ethyl adjacent to an activating group) is 1. The van der Waals surface area contributed by atoms with Crippen molar-refractivity contribution in [3.05, 3.63) is 53.6 Å². The number of carbonyl (C=O) groups is 1. The second kappa shape index (κ2) is 6.80. The van der Waals surface area contributed by atoms with Crippen molar-refractivity contribution in [2.24, 2.45) is 0 Å². The zero-order chi connectivity index (χ0) is 16.2. The van der Waals surface area contributed by atoms with Crippen LogP contribution in [0.5, 0.6) is 0 Å². The van der Waals surface area contributed by atoms with Crippen LogP contribution >= 0.6 is 11.3 Å². The molecule has 0 aromatic carbocycles. The SMILES string of the molecule is CN(C)C(CNC(=O)c1csc(-c2ccco2)n1)c1ccco1. The molecule has 120 valence electrons. The van der Waals surface area contributed by atoms with Crippen LogP contribution in [0.2, 0.25) is 0 Å². The summed E-state index contributed by atoms with van der Waals surface area (Å²) in [5.74, 6) is 1.26. The predicted molar refractivity (Wildman–Crippen MR) is 87.3 cm³/mol. The maximum Gasteiger partial charge on any atom is 0.270 e. The highest BCUT2D eigenvalue weighted by Gasteiger charge is 2.19. The van der Waals surface area contributed by atoms with Crippen LogP contribution in [-0.2, 0) is 0 Å². The zero-order valence-electron chi connectivity index (χ0n) is 12.9. The van der Waals surface area contributed by atoms with Gasteiger partial charge in [-0.05, 0) is 38.4 Å². The molecule has 0 radical (unpaired) electrons. The molecule has 1 unspecified atom stereocenters. The fourth-order valence-corrected chi connectivity index (χ4v) is 2.96. The van der Waals surface area contributed by atoms with Crippen LogP contribution in [-0.4, -0.2) is 36.4 Å². The minimum Gasteiger partial charge on any atom is -0.468 e. The van der Waals surface area contributed by atoms with E-state index in [2.05, 4.69) is 10.3 Å². The Balaban J connectivity index is 1.65. The molecule has 0 bridgehead atoms. The van der Waals surface area contributed by atoms with E-state index in [-0.39, 0.29) is 11.9 Å². The van der Waals surface area contributed by atoms with Crippen LogP contribution in [0.25, 0.3) is 10.8 Å². The maximum atomic E-state index is 12.3. The lowest BCUT2D eigenvalue weighted by Gasteiger charge is -2.22. The number of amides is 1. The predicted octanol–water partition coefficient (Wildman–Crippen LogP) is 3.03. The van der Waals surface area contributed by atoms with Crippen LogP contribution in [0.3, 0.4) is 0 Å². The van der Waals surface area contributed by atoms with Crippen molar-refractivity contribution in [3.63, 3.8) is 0 Å². The fourth-order valence-electron chi connectivity index (χ4n) is 2.19. The molecule has 0 spiro atoms. The highest BCUT2D eigenvalue weighted by molar-refractivity contribution is 7.13. The smallest absolute Gasteiger partial charge is 0.270 e. The van der Waals surface area contributed by atoms with Gasteiger partial charge in [0.1, 0.15) is 11.5 Å². The molecular weight excluding hydrogens is 314 g/mol. The molecule has 0 saturated carbocycles. The number of furan rings is 2.